The van der Waals surface area contributed by atoms with Gasteiger partial charge in [-0.2, -0.15) is 0 Å². The number of nitrogens with zero attached hydrogens (tertiary/aromatic N) is 2. The molecule has 0 radical (unpaired) electrons. The zero-order valence-corrected chi connectivity index (χ0v) is 14.1. The van der Waals surface area contributed by atoms with Crippen molar-refractivity contribution in [2.24, 2.45) is 0 Å². The summed E-state index contributed by atoms with van der Waals surface area (Å²) < 4.78 is 0. The number of hydrogen-bond acceptors (Lipinski definition) is 3. The van der Waals surface area contributed by atoms with Crippen LogP contribution >= 0.6 is 0 Å². The fraction of sp³-hybridized carbons (Fsp3) is 0.0909. The summed E-state index contributed by atoms with van der Waals surface area (Å²) in [7, 11) is 0. The Morgan fingerprint density at radius 1 is 0.720 bits per heavy atom. The number of fused-ring (bicyclic) bond motifs is 1. The van der Waals surface area contributed by atoms with Crippen LogP contribution in [0.25, 0.3) is 22.0 Å². The molecule has 3 heteroatoms. The predicted molar refractivity (Wildman–Crippen MR) is 103 cm³/mol. The van der Waals surface area contributed by atoms with E-state index in [4.69, 9.17) is 0 Å². The van der Waals surface area contributed by atoms with E-state index in [0.717, 1.165) is 34.4 Å². The summed E-state index contributed by atoms with van der Waals surface area (Å²) in [5.74, 6) is 0.815. The summed E-state index contributed by atoms with van der Waals surface area (Å²) in [5.41, 5.74) is 4.46. The van der Waals surface area contributed by atoms with Gasteiger partial charge < -0.3 is 5.32 Å². The third kappa shape index (κ3) is 3.22. The molecule has 3 aromatic carbocycles. The van der Waals surface area contributed by atoms with E-state index < -0.39 is 0 Å². The third-order valence-corrected chi connectivity index (χ3v) is 4.32. The number of anilines is 1. The number of benzene rings is 3. The zero-order valence-electron chi connectivity index (χ0n) is 14.1. The van der Waals surface area contributed by atoms with Gasteiger partial charge in [-0.15, -0.1) is 10.2 Å². The van der Waals surface area contributed by atoms with Crippen LogP contribution < -0.4 is 5.32 Å². The van der Waals surface area contributed by atoms with Crippen LogP contribution in [-0.2, 0) is 6.54 Å². The minimum Gasteiger partial charge on any atom is -0.364 e. The molecule has 25 heavy (non-hydrogen) atoms. The molecule has 0 saturated heterocycles. The Hall–Kier alpha value is -3.20. The van der Waals surface area contributed by atoms with Gasteiger partial charge in [0.25, 0.3) is 0 Å². The van der Waals surface area contributed by atoms with Gasteiger partial charge >= 0.3 is 0 Å². The monoisotopic (exact) mass is 325 g/mol. The van der Waals surface area contributed by atoms with E-state index in [2.05, 4.69) is 71.0 Å². The number of aromatic nitrogens is 2. The Balaban J connectivity index is 1.73. The summed E-state index contributed by atoms with van der Waals surface area (Å²) in [6.07, 6.45) is 0. The molecule has 1 aromatic heterocycles. The topological polar surface area (TPSA) is 37.8 Å². The van der Waals surface area contributed by atoms with Crippen LogP contribution in [0.15, 0.2) is 78.9 Å². The standard InChI is InChI=1S/C22H19N3/c1-16-11-13-18(14-12-16)21-19-9-5-6-10-20(19)22(25-24-21)23-15-17-7-3-2-4-8-17/h2-14H,15H2,1H3,(H,23,25). The number of hydrogen-bond donors (Lipinski definition) is 1. The Bertz CT molecular complexity index is 993. The molecule has 0 bridgehead atoms. The first-order chi connectivity index (χ1) is 12.3. The highest BCUT2D eigenvalue weighted by Gasteiger charge is 2.10. The Kier molecular flexibility index (Phi) is 4.13. The lowest BCUT2D eigenvalue weighted by atomic mass is 10.0. The summed E-state index contributed by atoms with van der Waals surface area (Å²) in [6, 6.07) is 27.0. The second-order valence-electron chi connectivity index (χ2n) is 6.15. The molecule has 0 saturated carbocycles. The number of aryl methyl sites for hydroxylation is 1. The van der Waals surface area contributed by atoms with Crippen molar-refractivity contribution in [1.29, 1.82) is 0 Å². The van der Waals surface area contributed by atoms with Gasteiger partial charge in [-0.25, -0.2) is 0 Å². The molecule has 0 amide bonds. The lowest BCUT2D eigenvalue weighted by Gasteiger charge is -2.11. The van der Waals surface area contributed by atoms with Crippen LogP contribution in [0.2, 0.25) is 0 Å². The molecule has 122 valence electrons. The largest absolute Gasteiger partial charge is 0.364 e. The van der Waals surface area contributed by atoms with Gasteiger partial charge in [-0.3, -0.25) is 0 Å². The molecule has 0 aliphatic rings. The van der Waals surface area contributed by atoms with E-state index >= 15 is 0 Å². The van der Waals surface area contributed by atoms with Crippen molar-refractivity contribution in [2.45, 2.75) is 13.5 Å². The zero-order chi connectivity index (χ0) is 17.1. The van der Waals surface area contributed by atoms with E-state index in [1.165, 1.54) is 11.1 Å². The van der Waals surface area contributed by atoms with Gasteiger partial charge in [-0.1, -0.05) is 84.4 Å². The normalized spacial score (nSPS) is 10.8. The SMILES string of the molecule is Cc1ccc(-c2nnc(NCc3ccccc3)c3ccccc23)cc1. The van der Waals surface area contributed by atoms with Crippen molar-refractivity contribution in [3.05, 3.63) is 90.0 Å². The molecule has 1 heterocycles. The first-order valence-electron chi connectivity index (χ1n) is 8.41. The number of rotatable bonds is 4. The second-order valence-corrected chi connectivity index (χ2v) is 6.15. The Labute approximate surface area is 147 Å². The summed E-state index contributed by atoms with van der Waals surface area (Å²) in [4.78, 5) is 0. The molecule has 1 N–H and O–H groups in total. The van der Waals surface area contributed by atoms with Crippen LogP contribution in [-0.4, -0.2) is 10.2 Å². The fourth-order valence-electron chi connectivity index (χ4n) is 2.94. The first kappa shape index (κ1) is 15.3. The lowest BCUT2D eigenvalue weighted by Crippen LogP contribution is -2.04. The average Bonchev–Trinajstić information content (AvgIpc) is 2.68. The second kappa shape index (κ2) is 6.73. The molecular weight excluding hydrogens is 306 g/mol. The molecule has 0 aliphatic heterocycles. The van der Waals surface area contributed by atoms with Crippen molar-refractivity contribution >= 4 is 16.6 Å². The van der Waals surface area contributed by atoms with Gasteiger partial charge in [0.2, 0.25) is 0 Å². The molecule has 4 rings (SSSR count). The molecule has 0 unspecified atom stereocenters. The molecule has 3 nitrogen and oxygen atoms in total. The summed E-state index contributed by atoms with van der Waals surface area (Å²) >= 11 is 0. The van der Waals surface area contributed by atoms with Crippen molar-refractivity contribution in [2.75, 3.05) is 5.32 Å². The van der Waals surface area contributed by atoms with Crippen LogP contribution in [0.5, 0.6) is 0 Å². The van der Waals surface area contributed by atoms with Crippen LogP contribution in [0, 0.1) is 6.92 Å². The molecular formula is C22H19N3. The smallest absolute Gasteiger partial charge is 0.156 e. The van der Waals surface area contributed by atoms with E-state index in [-0.39, 0.29) is 0 Å². The van der Waals surface area contributed by atoms with E-state index in [1.807, 2.05) is 30.3 Å². The minimum absolute atomic E-state index is 0.726. The van der Waals surface area contributed by atoms with Gasteiger partial charge in [0, 0.05) is 22.9 Å². The maximum Gasteiger partial charge on any atom is 0.156 e. The summed E-state index contributed by atoms with van der Waals surface area (Å²) in [6.45, 7) is 2.81. The van der Waals surface area contributed by atoms with Crippen LogP contribution in [0.4, 0.5) is 5.82 Å². The highest BCUT2D eigenvalue weighted by molar-refractivity contribution is 5.99. The van der Waals surface area contributed by atoms with Gasteiger partial charge in [0.05, 0.1) is 0 Å². The first-order valence-corrected chi connectivity index (χ1v) is 8.41. The van der Waals surface area contributed by atoms with Crippen molar-refractivity contribution in [3.63, 3.8) is 0 Å². The Morgan fingerprint density at radius 3 is 2.16 bits per heavy atom. The van der Waals surface area contributed by atoms with Crippen molar-refractivity contribution in [1.82, 2.24) is 10.2 Å². The molecule has 0 spiro atoms. The van der Waals surface area contributed by atoms with Gasteiger partial charge in [0.15, 0.2) is 5.82 Å². The summed E-state index contributed by atoms with van der Waals surface area (Å²) in [5, 5.41) is 14.6. The maximum absolute atomic E-state index is 4.51. The maximum atomic E-state index is 4.51. The predicted octanol–water partition coefficient (Wildman–Crippen LogP) is 5.22. The van der Waals surface area contributed by atoms with Gasteiger partial charge in [0.1, 0.15) is 5.69 Å². The van der Waals surface area contributed by atoms with E-state index in [9.17, 15) is 0 Å². The quantitative estimate of drug-likeness (QED) is 0.559. The highest BCUT2D eigenvalue weighted by atomic mass is 15.2. The van der Waals surface area contributed by atoms with Crippen molar-refractivity contribution < 1.29 is 0 Å². The minimum atomic E-state index is 0.726. The van der Waals surface area contributed by atoms with Crippen LogP contribution in [0.3, 0.4) is 0 Å². The molecule has 0 fully saturated rings. The molecule has 0 aliphatic carbocycles. The lowest BCUT2D eigenvalue weighted by molar-refractivity contribution is 1.02. The van der Waals surface area contributed by atoms with Crippen LogP contribution in [0.1, 0.15) is 11.1 Å². The Morgan fingerprint density at radius 2 is 1.40 bits per heavy atom. The third-order valence-electron chi connectivity index (χ3n) is 4.32. The van der Waals surface area contributed by atoms with E-state index in [1.54, 1.807) is 0 Å². The fourth-order valence-corrected chi connectivity index (χ4v) is 2.94. The van der Waals surface area contributed by atoms with E-state index in [0.29, 0.717) is 0 Å². The number of nitrogens with one attached hydrogen (secondary N) is 1. The van der Waals surface area contributed by atoms with Gasteiger partial charge in [-0.05, 0) is 12.5 Å². The highest BCUT2D eigenvalue weighted by Crippen LogP contribution is 2.29. The molecule has 4 aromatic rings. The van der Waals surface area contributed by atoms with Crippen molar-refractivity contribution in [3.8, 4) is 11.3 Å². The molecule has 0 atom stereocenters. The average molecular weight is 325 g/mol.